The summed E-state index contributed by atoms with van der Waals surface area (Å²) in [5.74, 6) is -0.00938. The fourth-order valence-electron chi connectivity index (χ4n) is 7.84. The average Bonchev–Trinajstić information content (AvgIpc) is 4.31. The van der Waals surface area contributed by atoms with E-state index in [-0.39, 0.29) is 11.8 Å². The largest absolute Gasteiger partial charge is 0.394 e. The summed E-state index contributed by atoms with van der Waals surface area (Å²) in [6.07, 6.45) is 10.9. The average molecular weight is 999 g/mol. The first kappa shape index (κ1) is 45.5. The van der Waals surface area contributed by atoms with Crippen molar-refractivity contribution in [1.29, 1.82) is 0 Å². The zero-order chi connectivity index (χ0) is 49.8. The third-order valence-electron chi connectivity index (χ3n) is 11.4. The topological polar surface area (TPSA) is 230 Å². The Morgan fingerprint density at radius 2 is 1.07 bits per heavy atom. The van der Waals surface area contributed by atoms with Crippen LogP contribution in [0.25, 0.3) is 45.4 Å². The van der Waals surface area contributed by atoms with Crippen molar-refractivity contribution in [3.05, 3.63) is 204 Å². The lowest BCUT2D eigenvalue weighted by Gasteiger charge is -2.07. The summed E-state index contributed by atoms with van der Waals surface area (Å²) in [6, 6.07) is 45.3. The maximum atomic E-state index is 13.0. The summed E-state index contributed by atoms with van der Waals surface area (Å²) in [4.78, 5) is 45.4. The van der Waals surface area contributed by atoms with Gasteiger partial charge >= 0.3 is 0 Å². The second kappa shape index (κ2) is 19.8. The maximum absolute atomic E-state index is 13.0. The maximum Gasteiger partial charge on any atom is 0.256 e. The lowest BCUT2D eigenvalue weighted by molar-refractivity contribution is 0.101. The Morgan fingerprint density at radius 1 is 0.562 bits per heavy atom. The molecular formula is C53H42N16O2S2. The summed E-state index contributed by atoms with van der Waals surface area (Å²) in [6.45, 7) is 2.03. The molecule has 12 aromatic rings. The third kappa shape index (κ3) is 9.82. The first-order valence-electron chi connectivity index (χ1n) is 22.6. The minimum Gasteiger partial charge on any atom is -0.394 e. The molecule has 8 heterocycles. The van der Waals surface area contributed by atoms with Gasteiger partial charge in [-0.2, -0.15) is 0 Å². The number of carbonyl (C=O) groups excluding carboxylic acids is 2. The Kier molecular flexibility index (Phi) is 12.4. The van der Waals surface area contributed by atoms with E-state index >= 15 is 0 Å². The highest BCUT2D eigenvalue weighted by atomic mass is 32.1. The van der Waals surface area contributed by atoms with Crippen molar-refractivity contribution in [2.24, 2.45) is 0 Å². The predicted molar refractivity (Wildman–Crippen MR) is 289 cm³/mol. The van der Waals surface area contributed by atoms with Gasteiger partial charge in [-0.05, 0) is 91.9 Å². The van der Waals surface area contributed by atoms with Gasteiger partial charge < -0.3 is 32.7 Å². The van der Waals surface area contributed by atoms with E-state index in [0.29, 0.717) is 39.3 Å². The van der Waals surface area contributed by atoms with Gasteiger partial charge in [0.15, 0.2) is 21.9 Å². The van der Waals surface area contributed by atoms with Gasteiger partial charge in [-0.15, -0.1) is 32.9 Å². The van der Waals surface area contributed by atoms with Crippen molar-refractivity contribution in [3.63, 3.8) is 0 Å². The smallest absolute Gasteiger partial charge is 0.256 e. The van der Waals surface area contributed by atoms with Gasteiger partial charge in [-0.3, -0.25) is 18.4 Å². The normalized spacial score (nSPS) is 11.0. The number of nitrogens with one attached hydrogen (secondary N) is 4. The summed E-state index contributed by atoms with van der Waals surface area (Å²) >= 11 is 3.02. The highest BCUT2D eigenvalue weighted by molar-refractivity contribution is 7.16. The molecule has 0 atom stereocenters. The summed E-state index contributed by atoms with van der Waals surface area (Å²) in [5.41, 5.74) is 22.3. The molecule has 0 radical (unpaired) electrons. The number of nitrogens with zero attached hydrogens (tertiary/aromatic N) is 10. The summed E-state index contributed by atoms with van der Waals surface area (Å²) < 4.78 is 7.28. The number of nitrogen functional groups attached to an aromatic ring is 2. The molecule has 0 saturated carbocycles. The van der Waals surface area contributed by atoms with Gasteiger partial charge in [0.2, 0.25) is 0 Å². The number of hydrogen-bond donors (Lipinski definition) is 6. The van der Waals surface area contributed by atoms with E-state index in [1.54, 1.807) is 57.4 Å². The van der Waals surface area contributed by atoms with Crippen LogP contribution in [-0.2, 0) is 0 Å². The van der Waals surface area contributed by atoms with E-state index in [9.17, 15) is 9.59 Å². The van der Waals surface area contributed by atoms with Crippen LogP contribution in [0.1, 0.15) is 25.6 Å². The Balaban J connectivity index is 0.000000157. The number of anilines is 8. The zero-order valence-corrected chi connectivity index (χ0v) is 40.3. The molecule has 8 aromatic heterocycles. The van der Waals surface area contributed by atoms with E-state index < -0.39 is 0 Å². The molecule has 4 aromatic carbocycles. The highest BCUT2D eigenvalue weighted by Crippen LogP contribution is 2.33. The zero-order valence-electron chi connectivity index (χ0n) is 38.7. The molecule has 8 N–H and O–H groups in total. The monoisotopic (exact) mass is 998 g/mol. The summed E-state index contributed by atoms with van der Waals surface area (Å²) in [5, 5.41) is 24.5. The van der Waals surface area contributed by atoms with Crippen LogP contribution in [0.4, 0.5) is 44.6 Å². The number of aryl methyl sites for hydroxylation is 1. The first-order chi connectivity index (χ1) is 35.7. The minimum atomic E-state index is -0.311. The number of imidazole rings is 2. The Hall–Kier alpha value is -9.92. The Morgan fingerprint density at radius 3 is 1.63 bits per heavy atom. The molecule has 18 nitrogen and oxygen atoms in total. The number of rotatable bonds is 12. The molecule has 12 rings (SSSR count). The van der Waals surface area contributed by atoms with Crippen LogP contribution in [0.3, 0.4) is 0 Å². The van der Waals surface area contributed by atoms with Gasteiger partial charge in [0, 0.05) is 45.2 Å². The molecule has 73 heavy (non-hydrogen) atoms. The Bertz CT molecular complexity index is 3930. The van der Waals surface area contributed by atoms with Gasteiger partial charge in [0.1, 0.15) is 22.7 Å². The van der Waals surface area contributed by atoms with Crippen LogP contribution in [0, 0.1) is 6.92 Å². The van der Waals surface area contributed by atoms with E-state index in [1.807, 2.05) is 167 Å². The van der Waals surface area contributed by atoms with E-state index in [0.717, 1.165) is 66.8 Å². The van der Waals surface area contributed by atoms with Crippen molar-refractivity contribution in [2.45, 2.75) is 6.92 Å². The second-order valence-electron chi connectivity index (χ2n) is 16.4. The standard InChI is InChI=1S/C27H22N8OS.C26H20N8OS/c1-17-24(22-15-29-23-12-5-6-13-34(22)23)31-27(37-17)30-19-9-7-8-18(14-19)26(36)32-25-21(28)16-35(33-25)20-10-3-2-4-11-20;27-20-15-34(19-9-2-1-3-10-19)32-24(20)31-25(35)17-7-6-8-18(13-17)29-26-30-21(16-36-26)22-14-28-23-11-4-5-12-33(22)23/h2-16H,28H2,1H3,(H,30,31)(H,32,33,36);1-16H,27H2,(H,29,30)(H,31,32,35). The number of fused-ring (bicyclic) bond motifs is 2. The first-order valence-corrected chi connectivity index (χ1v) is 24.3. The molecule has 0 aliphatic rings. The number of benzene rings is 4. The minimum absolute atomic E-state index is 0.305. The van der Waals surface area contributed by atoms with Crippen molar-refractivity contribution in [2.75, 3.05) is 32.7 Å². The SMILES string of the molecule is Cc1sc(Nc2cccc(C(=O)Nc3nn(-c4ccccc4)cc3N)c2)nc1-c1cnc2ccccn12.Nc1cn(-c2ccccc2)nc1NC(=O)c1cccc(Nc2nc(-c3cnc4ccccn34)cs2)c1. The number of nitrogens with two attached hydrogens (primary N) is 2. The molecule has 0 bridgehead atoms. The molecule has 0 aliphatic heterocycles. The van der Waals surface area contributed by atoms with Gasteiger partial charge in [0.05, 0.1) is 58.9 Å². The molecule has 0 spiro atoms. The number of amides is 2. The second-order valence-corrected chi connectivity index (χ2v) is 18.4. The van der Waals surface area contributed by atoms with Gasteiger partial charge in [-0.1, -0.05) is 60.7 Å². The number of aromatic nitrogens is 10. The van der Waals surface area contributed by atoms with Crippen LogP contribution >= 0.6 is 22.7 Å². The molecule has 0 aliphatic carbocycles. The van der Waals surface area contributed by atoms with Crippen molar-refractivity contribution < 1.29 is 9.59 Å². The van der Waals surface area contributed by atoms with Crippen LogP contribution in [-0.4, -0.2) is 60.1 Å². The number of para-hydroxylation sites is 2. The van der Waals surface area contributed by atoms with Crippen LogP contribution in [0.2, 0.25) is 0 Å². The van der Waals surface area contributed by atoms with E-state index in [4.69, 9.17) is 21.4 Å². The molecule has 0 fully saturated rings. The molecule has 0 unspecified atom stereocenters. The van der Waals surface area contributed by atoms with Crippen molar-refractivity contribution in [3.8, 4) is 34.2 Å². The highest BCUT2D eigenvalue weighted by Gasteiger charge is 2.18. The van der Waals surface area contributed by atoms with Crippen LogP contribution < -0.4 is 32.7 Å². The van der Waals surface area contributed by atoms with Gasteiger partial charge in [0.25, 0.3) is 11.8 Å². The van der Waals surface area contributed by atoms with E-state index in [2.05, 4.69) is 41.4 Å². The predicted octanol–water partition coefficient (Wildman–Crippen LogP) is 10.8. The van der Waals surface area contributed by atoms with Crippen LogP contribution in [0.15, 0.2) is 188 Å². The molecule has 2 amide bonds. The molecular weight excluding hydrogens is 957 g/mol. The van der Waals surface area contributed by atoms with Gasteiger partial charge in [-0.25, -0.2) is 29.3 Å². The molecule has 0 saturated heterocycles. The summed E-state index contributed by atoms with van der Waals surface area (Å²) in [7, 11) is 0. The van der Waals surface area contributed by atoms with Crippen molar-refractivity contribution in [1.82, 2.24) is 48.3 Å². The lowest BCUT2D eigenvalue weighted by Crippen LogP contribution is -2.13. The molecule has 20 heteroatoms. The van der Waals surface area contributed by atoms with E-state index in [1.165, 1.54) is 11.3 Å². The number of thiazole rings is 2. The Labute approximate surface area is 424 Å². The lowest BCUT2D eigenvalue weighted by atomic mass is 10.2. The number of carbonyl (C=O) groups is 2. The number of hydrogen-bond acceptors (Lipinski definition) is 14. The fraction of sp³-hybridized carbons (Fsp3) is 0.0189. The van der Waals surface area contributed by atoms with Crippen LogP contribution in [0.5, 0.6) is 0 Å². The third-order valence-corrected chi connectivity index (χ3v) is 13.0. The fourth-order valence-corrected chi connectivity index (χ4v) is 9.41. The number of pyridine rings is 2. The van der Waals surface area contributed by atoms with Crippen molar-refractivity contribution >= 4 is 90.4 Å². The molecule has 358 valence electrons. The quantitative estimate of drug-likeness (QED) is 0.0671.